The number of aromatic nitrogens is 3. The minimum absolute atomic E-state index is 0.712. The van der Waals surface area contributed by atoms with Gasteiger partial charge in [0.2, 0.25) is 0 Å². The molecular weight excluding hydrogens is 571 g/mol. The number of rotatable bonds is 4. The van der Waals surface area contributed by atoms with Gasteiger partial charge in [0.15, 0.2) is 5.82 Å². The van der Waals surface area contributed by atoms with Gasteiger partial charge in [-0.25, -0.2) is 9.97 Å². The fourth-order valence-corrected chi connectivity index (χ4v) is 7.51. The molecule has 9 aromatic rings. The molecule has 0 atom stereocenters. The van der Waals surface area contributed by atoms with Crippen molar-refractivity contribution in [3.05, 3.63) is 164 Å². The molecule has 0 aliphatic heterocycles. The van der Waals surface area contributed by atoms with E-state index in [9.17, 15) is 0 Å². The SMILES string of the molecule is c1ccc(-c2nc(-c3ccccc3)c3c4ccccc4n(-c4cccc(-c5ccc6c7c(cccc57)-c5ccccc5-6)c4)c3n2)cc1. The van der Waals surface area contributed by atoms with Gasteiger partial charge in [-0.05, 0) is 62.4 Å². The second kappa shape index (κ2) is 10.1. The maximum atomic E-state index is 5.30. The van der Waals surface area contributed by atoms with Gasteiger partial charge in [0.1, 0.15) is 5.65 Å². The molecule has 7 aromatic carbocycles. The summed E-state index contributed by atoms with van der Waals surface area (Å²) in [6, 6.07) is 58.3. The minimum Gasteiger partial charge on any atom is -0.294 e. The predicted octanol–water partition coefficient (Wildman–Crippen LogP) is 11.4. The molecule has 0 bridgehead atoms. The first kappa shape index (κ1) is 26.0. The molecule has 0 amide bonds. The standard InChI is InChI=1S/C44H27N3/c1-3-13-28(14-4-1)42-41-38-21-9-10-24-39(38)47(44(41)46-43(45-42)29-15-5-2-6-16-29)31-18-11-17-30(27-31)32-25-26-37-34-20-8-7-19-33(34)36-23-12-22-35(32)40(36)37/h1-27H. The Kier molecular flexibility index (Phi) is 5.57. The Morgan fingerprint density at radius 1 is 0.383 bits per heavy atom. The van der Waals surface area contributed by atoms with Crippen molar-refractivity contribution in [3.8, 4) is 61.7 Å². The lowest BCUT2D eigenvalue weighted by Crippen LogP contribution is -2.00. The Hall–Kier alpha value is -6.32. The van der Waals surface area contributed by atoms with Crippen LogP contribution in [0.25, 0.3) is 94.4 Å². The van der Waals surface area contributed by atoms with Gasteiger partial charge in [-0.15, -0.1) is 0 Å². The van der Waals surface area contributed by atoms with E-state index < -0.39 is 0 Å². The fourth-order valence-electron chi connectivity index (χ4n) is 7.51. The van der Waals surface area contributed by atoms with E-state index in [0.717, 1.165) is 44.4 Å². The van der Waals surface area contributed by atoms with E-state index in [-0.39, 0.29) is 0 Å². The van der Waals surface area contributed by atoms with Crippen LogP contribution >= 0.6 is 0 Å². The van der Waals surface area contributed by atoms with Crippen molar-refractivity contribution in [1.82, 2.24) is 14.5 Å². The Bertz CT molecular complexity index is 2640. The summed E-state index contributed by atoms with van der Waals surface area (Å²) >= 11 is 0. The molecule has 0 radical (unpaired) electrons. The molecule has 2 heterocycles. The van der Waals surface area contributed by atoms with E-state index in [1.165, 1.54) is 44.2 Å². The van der Waals surface area contributed by atoms with Crippen LogP contribution in [0.3, 0.4) is 0 Å². The molecular formula is C44H27N3. The molecule has 0 saturated heterocycles. The number of fused-ring (bicyclic) bond motifs is 6. The maximum absolute atomic E-state index is 5.30. The highest BCUT2D eigenvalue weighted by molar-refractivity contribution is 6.19. The molecule has 3 nitrogen and oxygen atoms in total. The van der Waals surface area contributed by atoms with Crippen molar-refractivity contribution in [2.45, 2.75) is 0 Å². The highest BCUT2D eigenvalue weighted by Crippen LogP contribution is 2.49. The lowest BCUT2D eigenvalue weighted by Gasteiger charge is -2.13. The van der Waals surface area contributed by atoms with Gasteiger partial charge >= 0.3 is 0 Å². The van der Waals surface area contributed by atoms with Crippen molar-refractivity contribution in [1.29, 1.82) is 0 Å². The number of para-hydroxylation sites is 1. The maximum Gasteiger partial charge on any atom is 0.162 e. The first-order valence-corrected chi connectivity index (χ1v) is 16.0. The van der Waals surface area contributed by atoms with Crippen LogP contribution in [0.2, 0.25) is 0 Å². The van der Waals surface area contributed by atoms with Crippen LogP contribution < -0.4 is 0 Å². The Balaban J connectivity index is 1.24. The lowest BCUT2D eigenvalue weighted by atomic mass is 9.94. The molecule has 0 fully saturated rings. The second-order valence-electron chi connectivity index (χ2n) is 12.2. The summed E-state index contributed by atoms with van der Waals surface area (Å²) in [7, 11) is 0. The molecule has 0 saturated carbocycles. The number of hydrogen-bond donors (Lipinski definition) is 0. The first-order chi connectivity index (χ1) is 23.3. The summed E-state index contributed by atoms with van der Waals surface area (Å²) in [6.07, 6.45) is 0. The van der Waals surface area contributed by atoms with E-state index in [4.69, 9.17) is 9.97 Å². The molecule has 1 aliphatic carbocycles. The van der Waals surface area contributed by atoms with Gasteiger partial charge in [0.05, 0.1) is 16.6 Å². The van der Waals surface area contributed by atoms with Crippen LogP contribution in [0, 0.1) is 0 Å². The number of benzene rings is 7. The topological polar surface area (TPSA) is 30.7 Å². The highest BCUT2D eigenvalue weighted by Gasteiger charge is 2.23. The molecule has 0 N–H and O–H groups in total. The predicted molar refractivity (Wildman–Crippen MR) is 195 cm³/mol. The van der Waals surface area contributed by atoms with E-state index in [1.54, 1.807) is 0 Å². The molecule has 2 aromatic heterocycles. The van der Waals surface area contributed by atoms with Gasteiger partial charge in [-0.2, -0.15) is 0 Å². The average Bonchev–Trinajstić information content (AvgIpc) is 3.66. The monoisotopic (exact) mass is 597 g/mol. The van der Waals surface area contributed by atoms with Crippen LogP contribution in [0.15, 0.2) is 164 Å². The second-order valence-corrected chi connectivity index (χ2v) is 12.2. The van der Waals surface area contributed by atoms with E-state index in [0.29, 0.717) is 5.82 Å². The first-order valence-electron chi connectivity index (χ1n) is 16.0. The highest BCUT2D eigenvalue weighted by atomic mass is 15.1. The normalized spacial score (nSPS) is 11.8. The zero-order valence-electron chi connectivity index (χ0n) is 25.4. The molecule has 0 spiro atoms. The summed E-state index contributed by atoms with van der Waals surface area (Å²) in [4.78, 5) is 10.5. The lowest BCUT2D eigenvalue weighted by molar-refractivity contribution is 1.11. The average molecular weight is 598 g/mol. The third-order valence-corrected chi connectivity index (χ3v) is 9.56. The molecule has 47 heavy (non-hydrogen) atoms. The third-order valence-electron chi connectivity index (χ3n) is 9.56. The number of nitrogens with zero attached hydrogens (tertiary/aromatic N) is 3. The zero-order chi connectivity index (χ0) is 30.9. The summed E-state index contributed by atoms with van der Waals surface area (Å²) < 4.78 is 2.31. The largest absolute Gasteiger partial charge is 0.294 e. The van der Waals surface area contributed by atoms with Gasteiger partial charge in [0.25, 0.3) is 0 Å². The van der Waals surface area contributed by atoms with Crippen LogP contribution in [0.5, 0.6) is 0 Å². The van der Waals surface area contributed by atoms with Crippen LogP contribution in [-0.2, 0) is 0 Å². The van der Waals surface area contributed by atoms with Crippen molar-refractivity contribution < 1.29 is 0 Å². The Labute approximate surface area is 272 Å². The van der Waals surface area contributed by atoms with E-state index >= 15 is 0 Å². The van der Waals surface area contributed by atoms with Gasteiger partial charge in [-0.3, -0.25) is 4.57 Å². The summed E-state index contributed by atoms with van der Waals surface area (Å²) in [5, 5.41) is 4.80. The van der Waals surface area contributed by atoms with Crippen LogP contribution in [0.4, 0.5) is 0 Å². The molecule has 218 valence electrons. The zero-order valence-corrected chi connectivity index (χ0v) is 25.4. The van der Waals surface area contributed by atoms with Gasteiger partial charge in [-0.1, -0.05) is 146 Å². The van der Waals surface area contributed by atoms with Crippen LogP contribution in [0.1, 0.15) is 0 Å². The minimum atomic E-state index is 0.712. The van der Waals surface area contributed by atoms with E-state index in [1.807, 2.05) is 24.3 Å². The van der Waals surface area contributed by atoms with Crippen molar-refractivity contribution in [3.63, 3.8) is 0 Å². The Morgan fingerprint density at radius 3 is 1.79 bits per heavy atom. The van der Waals surface area contributed by atoms with Gasteiger partial charge < -0.3 is 0 Å². The molecule has 10 rings (SSSR count). The van der Waals surface area contributed by atoms with E-state index in [2.05, 4.69) is 144 Å². The summed E-state index contributed by atoms with van der Waals surface area (Å²) in [5.41, 5.74) is 13.7. The fraction of sp³-hybridized carbons (Fsp3) is 0. The summed E-state index contributed by atoms with van der Waals surface area (Å²) in [6.45, 7) is 0. The van der Waals surface area contributed by atoms with Crippen molar-refractivity contribution in [2.24, 2.45) is 0 Å². The Morgan fingerprint density at radius 2 is 0.979 bits per heavy atom. The number of hydrogen-bond acceptors (Lipinski definition) is 2. The molecule has 1 aliphatic rings. The summed E-state index contributed by atoms with van der Waals surface area (Å²) in [5.74, 6) is 0.712. The third kappa shape index (κ3) is 3.87. The smallest absolute Gasteiger partial charge is 0.162 e. The van der Waals surface area contributed by atoms with Crippen LogP contribution in [-0.4, -0.2) is 14.5 Å². The van der Waals surface area contributed by atoms with Crippen molar-refractivity contribution in [2.75, 3.05) is 0 Å². The molecule has 0 unspecified atom stereocenters. The van der Waals surface area contributed by atoms with Gasteiger partial charge in [0, 0.05) is 22.2 Å². The quantitative estimate of drug-likeness (QED) is 0.202. The van der Waals surface area contributed by atoms with Crippen molar-refractivity contribution >= 4 is 32.7 Å². The molecule has 3 heteroatoms.